The standard InChI is InChI=1S/2C26H27ClFN5O6S/c2*1-25(2)26(11-18(34)35)13-32(7-8-33(26)24(37)39-25)12-17-19(23(36)38-3)20(15-5-4-14(28)10-16(15)27)31-21(30-17)22-29-6-9-40-22/h2*4-6,9-10,20H,7-8,11-13H2,1-3H3,(H,30,31)(H,34,35)/t20-,26+;20-,26-/m00/s1. The maximum absolute atomic E-state index is 13.9. The number of carboxylic acids is 2. The molecule has 4 aromatic rings. The molecule has 4 N–H and O–H groups in total. The molecule has 0 saturated carbocycles. The zero-order valence-electron chi connectivity index (χ0n) is 43.9. The lowest BCUT2D eigenvalue weighted by atomic mass is 9.77. The van der Waals surface area contributed by atoms with Crippen molar-refractivity contribution >= 4 is 93.6 Å². The van der Waals surface area contributed by atoms with Crippen molar-refractivity contribution in [3.63, 3.8) is 0 Å². The van der Waals surface area contributed by atoms with Crippen LogP contribution in [0.3, 0.4) is 0 Å². The first kappa shape index (κ1) is 57.6. The summed E-state index contributed by atoms with van der Waals surface area (Å²) in [6.45, 7) is 8.71. The number of cyclic esters (lactones) is 2. The highest BCUT2D eigenvalue weighted by atomic mass is 35.5. The molecule has 4 fully saturated rings. The molecule has 0 aliphatic carbocycles. The molecule has 4 atom stereocenters. The van der Waals surface area contributed by atoms with Crippen LogP contribution >= 0.6 is 45.9 Å². The van der Waals surface area contributed by atoms with Crippen LogP contribution in [0, 0.1) is 11.6 Å². The summed E-state index contributed by atoms with van der Waals surface area (Å²) < 4.78 is 49.3. The van der Waals surface area contributed by atoms with Crippen molar-refractivity contribution in [2.24, 2.45) is 9.98 Å². The number of ether oxygens (including phenoxy) is 4. The van der Waals surface area contributed by atoms with Crippen LogP contribution in [0.4, 0.5) is 18.4 Å². The van der Waals surface area contributed by atoms with Crippen molar-refractivity contribution in [1.82, 2.24) is 40.2 Å². The number of hydrogen-bond acceptors (Lipinski definition) is 20. The van der Waals surface area contributed by atoms with Crippen molar-refractivity contribution in [2.45, 2.75) is 74.9 Å². The molecular formula is C52H54Cl2F2N10O12S2. The average molecular weight is 1180 g/mol. The molecule has 2 amide bonds. The van der Waals surface area contributed by atoms with Gasteiger partial charge in [0, 0.05) is 108 Å². The zero-order chi connectivity index (χ0) is 57.6. The summed E-state index contributed by atoms with van der Waals surface area (Å²) in [6, 6.07) is 5.87. The van der Waals surface area contributed by atoms with Crippen molar-refractivity contribution in [3.8, 4) is 0 Å². The number of esters is 2. The highest BCUT2D eigenvalue weighted by Crippen LogP contribution is 2.47. The monoisotopic (exact) mass is 1180 g/mol. The number of nitrogens with zero attached hydrogens (tertiary/aromatic N) is 8. The van der Waals surface area contributed by atoms with Gasteiger partial charge in [0.25, 0.3) is 0 Å². The first-order valence-corrected chi connectivity index (χ1v) is 27.3. The number of amides is 2. The number of halogens is 4. The number of hydrogen-bond donors (Lipinski definition) is 4. The molecule has 8 heterocycles. The third-order valence-electron chi connectivity index (χ3n) is 15.1. The number of aliphatic imine (C=N–C) groups is 2. The number of rotatable bonds is 14. The lowest BCUT2D eigenvalue weighted by Gasteiger charge is -2.49. The topological polar surface area (TPSA) is 267 Å². The summed E-state index contributed by atoms with van der Waals surface area (Å²) in [4.78, 5) is 101. The minimum Gasteiger partial charge on any atom is -0.481 e. The van der Waals surface area contributed by atoms with E-state index in [1.54, 1.807) is 50.8 Å². The van der Waals surface area contributed by atoms with Gasteiger partial charge in [-0.3, -0.25) is 39.2 Å². The molecule has 28 heteroatoms. The Morgan fingerprint density at radius 1 is 0.675 bits per heavy atom. The van der Waals surface area contributed by atoms with E-state index in [9.17, 15) is 47.8 Å². The van der Waals surface area contributed by atoms with Crippen LogP contribution in [-0.2, 0) is 38.1 Å². The Kier molecular flexibility index (Phi) is 16.2. The fourth-order valence-electron chi connectivity index (χ4n) is 11.2. The van der Waals surface area contributed by atoms with Crippen LogP contribution in [0.1, 0.15) is 73.8 Å². The Morgan fingerprint density at radius 2 is 1.06 bits per heavy atom. The van der Waals surface area contributed by atoms with Crippen LogP contribution in [0.5, 0.6) is 0 Å². The van der Waals surface area contributed by atoms with E-state index in [0.29, 0.717) is 57.3 Å². The van der Waals surface area contributed by atoms with Crippen LogP contribution in [0.25, 0.3) is 0 Å². The van der Waals surface area contributed by atoms with Gasteiger partial charge in [-0.1, -0.05) is 35.3 Å². The summed E-state index contributed by atoms with van der Waals surface area (Å²) in [5.74, 6) is -3.73. The van der Waals surface area contributed by atoms with E-state index >= 15 is 0 Å². The van der Waals surface area contributed by atoms with Gasteiger partial charge < -0.3 is 39.8 Å². The van der Waals surface area contributed by atoms with Crippen molar-refractivity contribution in [3.05, 3.63) is 125 Å². The molecule has 0 bridgehead atoms. The first-order chi connectivity index (χ1) is 37.9. The van der Waals surface area contributed by atoms with Gasteiger partial charge in [-0.15, -0.1) is 22.7 Å². The van der Waals surface area contributed by atoms with Gasteiger partial charge in [0.2, 0.25) is 0 Å². The van der Waals surface area contributed by atoms with Crippen molar-refractivity contribution < 1.29 is 66.7 Å². The molecule has 80 heavy (non-hydrogen) atoms. The molecule has 22 nitrogen and oxygen atoms in total. The third-order valence-corrected chi connectivity index (χ3v) is 17.4. The van der Waals surface area contributed by atoms with Gasteiger partial charge in [0.05, 0.1) is 38.2 Å². The quantitative estimate of drug-likeness (QED) is 0.0783. The van der Waals surface area contributed by atoms with E-state index in [1.165, 1.54) is 71.0 Å². The number of benzene rings is 2. The second kappa shape index (κ2) is 22.4. The SMILES string of the molecule is COC(=O)C1=C(CN2CCN3C(=O)OC(C)(C)[C@@]3(CC(=O)O)C2)NC(c2nccs2)=N[C@H]1c1ccc(F)cc1Cl.COC(=O)C1=C(CN2CCN3C(=O)OC(C)(C)[C@]3(CC(=O)O)C2)NC(c2nccs2)=N[C@H]1c1ccc(F)cc1Cl. The number of carbonyl (C=O) groups excluding carboxylic acids is 4. The lowest BCUT2D eigenvalue weighted by Crippen LogP contribution is -2.67. The van der Waals surface area contributed by atoms with Gasteiger partial charge >= 0.3 is 36.1 Å². The predicted molar refractivity (Wildman–Crippen MR) is 287 cm³/mol. The zero-order valence-corrected chi connectivity index (χ0v) is 47.0. The molecule has 6 aliphatic heterocycles. The molecule has 2 aromatic heterocycles. The second-order valence-corrected chi connectivity index (χ2v) is 23.1. The van der Waals surface area contributed by atoms with Crippen LogP contribution in [0.15, 0.2) is 92.1 Å². The molecule has 2 aromatic carbocycles. The Hall–Kier alpha value is -7.10. The molecule has 4 saturated heterocycles. The second-order valence-electron chi connectivity index (χ2n) is 20.5. The summed E-state index contributed by atoms with van der Waals surface area (Å²) >= 11 is 15.5. The Labute approximate surface area is 474 Å². The summed E-state index contributed by atoms with van der Waals surface area (Å²) in [5, 5.41) is 30.9. The van der Waals surface area contributed by atoms with Gasteiger partial charge in [0.1, 0.15) is 46.0 Å². The molecule has 0 radical (unpaired) electrons. The molecule has 0 unspecified atom stereocenters. The predicted octanol–water partition coefficient (Wildman–Crippen LogP) is 6.43. The molecule has 424 valence electrons. The van der Waals surface area contributed by atoms with Crippen molar-refractivity contribution in [1.29, 1.82) is 0 Å². The van der Waals surface area contributed by atoms with Gasteiger partial charge in [-0.05, 0) is 52.0 Å². The molecule has 0 spiro atoms. The third kappa shape index (κ3) is 10.8. The Morgan fingerprint density at radius 3 is 1.39 bits per heavy atom. The number of fused-ring (bicyclic) bond motifs is 2. The number of aromatic nitrogens is 2. The first-order valence-electron chi connectivity index (χ1n) is 24.8. The smallest absolute Gasteiger partial charge is 0.411 e. The number of carbonyl (C=O) groups is 6. The number of methoxy groups -OCH3 is 2. The Bertz CT molecular complexity index is 3070. The van der Waals surface area contributed by atoms with Crippen LogP contribution < -0.4 is 10.6 Å². The minimum absolute atomic E-state index is 0.0901. The van der Waals surface area contributed by atoms with Gasteiger partial charge in [0.15, 0.2) is 21.7 Å². The maximum Gasteiger partial charge on any atom is 0.411 e. The highest BCUT2D eigenvalue weighted by molar-refractivity contribution is 7.12. The Balaban J connectivity index is 0.000000194. The number of amidine groups is 2. The van der Waals surface area contributed by atoms with Gasteiger partial charge in [-0.25, -0.2) is 37.9 Å². The summed E-state index contributed by atoms with van der Waals surface area (Å²) in [7, 11) is 2.50. The minimum atomic E-state index is -1.14. The molecular weight excluding hydrogens is 1130 g/mol. The fourth-order valence-corrected chi connectivity index (χ4v) is 12.9. The van der Waals surface area contributed by atoms with Crippen molar-refractivity contribution in [2.75, 3.05) is 66.6 Å². The van der Waals surface area contributed by atoms with E-state index in [1.807, 2.05) is 9.80 Å². The summed E-state index contributed by atoms with van der Waals surface area (Å²) in [6.07, 6.45) is 1.49. The number of thiazole rings is 2. The molecule has 10 rings (SSSR count). The van der Waals surface area contributed by atoms with E-state index in [0.717, 1.165) is 12.1 Å². The number of carboxylic acid groups (broad SMARTS) is 2. The summed E-state index contributed by atoms with van der Waals surface area (Å²) in [5.41, 5.74) is -2.41. The van der Waals surface area contributed by atoms with Gasteiger partial charge in [-0.2, -0.15) is 0 Å². The highest BCUT2D eigenvalue weighted by Gasteiger charge is 2.64. The number of nitrogens with one attached hydrogen (secondary N) is 2. The van der Waals surface area contributed by atoms with E-state index in [-0.39, 0.29) is 73.3 Å². The van der Waals surface area contributed by atoms with E-state index in [4.69, 9.17) is 52.1 Å². The number of piperazine rings is 2. The largest absolute Gasteiger partial charge is 0.481 e. The molecule has 6 aliphatic rings. The van der Waals surface area contributed by atoms with E-state index in [2.05, 4.69) is 20.6 Å². The van der Waals surface area contributed by atoms with E-state index < -0.39 is 82.1 Å². The van der Waals surface area contributed by atoms with Crippen LogP contribution in [0.2, 0.25) is 10.0 Å². The maximum atomic E-state index is 13.9. The average Bonchev–Trinajstić information content (AvgIpc) is 4.28. The van der Waals surface area contributed by atoms with Crippen LogP contribution in [-0.4, -0.2) is 176 Å². The number of aliphatic carboxylic acids is 2. The lowest BCUT2D eigenvalue weighted by molar-refractivity contribution is -0.144. The normalized spacial score (nSPS) is 24.2. The fraction of sp³-hybridized carbons (Fsp3) is 0.423.